The van der Waals surface area contributed by atoms with Crippen LogP contribution in [0.1, 0.15) is 54.5 Å². The van der Waals surface area contributed by atoms with E-state index >= 15 is 0 Å². The number of aryl methyl sites for hydroxylation is 5. The Balaban J connectivity index is 1.53. The number of carbonyl (C=O) groups is 1. The maximum Gasteiger partial charge on any atom is 0.303 e. The summed E-state index contributed by atoms with van der Waals surface area (Å²) in [7, 11) is 0. The number of carboxylic acid groups (broad SMARTS) is 1. The van der Waals surface area contributed by atoms with Crippen molar-refractivity contribution < 1.29 is 19.4 Å². The van der Waals surface area contributed by atoms with Gasteiger partial charge in [0, 0.05) is 12.8 Å². The first-order valence-electron chi connectivity index (χ1n) is 12.2. The molecule has 0 aliphatic rings. The lowest BCUT2D eigenvalue weighted by Gasteiger charge is -2.19. The standard InChI is InChI=1S/C30H36O4/c1-4-24-11-16-29(27(21-24)12-10-25-8-6-5-7-9-25)34-23(3)18-19-33-28-15-13-26(22(2)20-28)14-17-30(31)32/h5-9,11,13,15-16,20-21,23H,4,10,12,14,17-19H2,1-3H3,(H,31,32)/t23-/m1/s1. The molecule has 0 saturated heterocycles. The minimum absolute atomic E-state index is 0.0267. The van der Waals surface area contributed by atoms with Crippen LogP contribution in [0.4, 0.5) is 0 Å². The first kappa shape index (κ1) is 25.4. The molecule has 0 bridgehead atoms. The molecule has 3 rings (SSSR count). The van der Waals surface area contributed by atoms with Gasteiger partial charge in [-0.3, -0.25) is 4.79 Å². The third-order valence-electron chi connectivity index (χ3n) is 6.10. The van der Waals surface area contributed by atoms with E-state index < -0.39 is 5.97 Å². The Morgan fingerprint density at radius 2 is 1.71 bits per heavy atom. The van der Waals surface area contributed by atoms with Gasteiger partial charge in [-0.1, -0.05) is 55.5 Å². The number of hydrogen-bond acceptors (Lipinski definition) is 3. The highest BCUT2D eigenvalue weighted by atomic mass is 16.5. The lowest BCUT2D eigenvalue weighted by Crippen LogP contribution is -2.17. The van der Waals surface area contributed by atoms with Crippen molar-refractivity contribution in [1.29, 1.82) is 0 Å². The molecule has 0 amide bonds. The van der Waals surface area contributed by atoms with Crippen LogP contribution in [-0.2, 0) is 30.5 Å². The first-order valence-corrected chi connectivity index (χ1v) is 12.2. The van der Waals surface area contributed by atoms with Crippen LogP contribution >= 0.6 is 0 Å². The van der Waals surface area contributed by atoms with Crippen LogP contribution in [0.25, 0.3) is 0 Å². The molecule has 3 aromatic carbocycles. The normalized spacial score (nSPS) is 11.7. The maximum absolute atomic E-state index is 10.8. The highest BCUT2D eigenvalue weighted by Crippen LogP contribution is 2.25. The Morgan fingerprint density at radius 3 is 2.41 bits per heavy atom. The van der Waals surface area contributed by atoms with Crippen LogP contribution < -0.4 is 9.47 Å². The third-order valence-corrected chi connectivity index (χ3v) is 6.10. The molecule has 0 fully saturated rings. The topological polar surface area (TPSA) is 55.8 Å². The first-order chi connectivity index (χ1) is 16.4. The van der Waals surface area contributed by atoms with Gasteiger partial charge >= 0.3 is 5.97 Å². The molecule has 34 heavy (non-hydrogen) atoms. The van der Waals surface area contributed by atoms with Crippen molar-refractivity contribution in [2.75, 3.05) is 6.61 Å². The van der Waals surface area contributed by atoms with Crippen molar-refractivity contribution >= 4 is 5.97 Å². The molecular formula is C30H36O4. The molecule has 0 spiro atoms. The van der Waals surface area contributed by atoms with Gasteiger partial charge in [0.1, 0.15) is 11.5 Å². The molecule has 0 aromatic heterocycles. The molecule has 1 atom stereocenters. The lowest BCUT2D eigenvalue weighted by atomic mass is 10.0. The van der Waals surface area contributed by atoms with E-state index in [0.29, 0.717) is 13.0 Å². The second-order valence-corrected chi connectivity index (χ2v) is 8.83. The highest BCUT2D eigenvalue weighted by molar-refractivity contribution is 5.67. The summed E-state index contributed by atoms with van der Waals surface area (Å²) in [5.74, 6) is 0.986. The van der Waals surface area contributed by atoms with E-state index in [1.54, 1.807) is 0 Å². The molecular weight excluding hydrogens is 424 g/mol. The smallest absolute Gasteiger partial charge is 0.303 e. The van der Waals surface area contributed by atoms with Gasteiger partial charge in [0.2, 0.25) is 0 Å². The summed E-state index contributed by atoms with van der Waals surface area (Å²) in [5.41, 5.74) is 6.02. The SMILES string of the molecule is CCc1ccc(O[C@H](C)CCOc2ccc(CCC(=O)O)c(C)c2)c(CCc2ccccc2)c1. The van der Waals surface area contributed by atoms with E-state index in [0.717, 1.165) is 48.3 Å². The molecule has 0 radical (unpaired) electrons. The van der Waals surface area contributed by atoms with Crippen LogP contribution in [0.3, 0.4) is 0 Å². The molecule has 0 unspecified atom stereocenters. The molecule has 0 aliphatic carbocycles. The average molecular weight is 461 g/mol. The maximum atomic E-state index is 10.8. The molecule has 4 heteroatoms. The third kappa shape index (κ3) is 7.95. The van der Waals surface area contributed by atoms with E-state index in [1.165, 1.54) is 16.7 Å². The van der Waals surface area contributed by atoms with Gasteiger partial charge in [-0.25, -0.2) is 0 Å². The monoisotopic (exact) mass is 460 g/mol. The Bertz CT molecular complexity index is 1060. The van der Waals surface area contributed by atoms with Gasteiger partial charge in [0.05, 0.1) is 12.7 Å². The summed E-state index contributed by atoms with van der Waals surface area (Å²) in [6, 6.07) is 23.0. The number of benzene rings is 3. The quantitative estimate of drug-likeness (QED) is 0.312. The summed E-state index contributed by atoms with van der Waals surface area (Å²) in [5, 5.41) is 8.88. The minimum Gasteiger partial charge on any atom is -0.493 e. The van der Waals surface area contributed by atoms with E-state index in [4.69, 9.17) is 14.6 Å². The Labute approximate surface area is 203 Å². The van der Waals surface area contributed by atoms with Gasteiger partial charge in [-0.15, -0.1) is 0 Å². The van der Waals surface area contributed by atoms with Gasteiger partial charge in [-0.2, -0.15) is 0 Å². The summed E-state index contributed by atoms with van der Waals surface area (Å²) in [6.45, 7) is 6.81. The molecule has 3 aromatic rings. The summed E-state index contributed by atoms with van der Waals surface area (Å²) in [6.07, 6.45) is 4.43. The van der Waals surface area contributed by atoms with Crippen molar-refractivity contribution in [3.05, 3.63) is 94.5 Å². The van der Waals surface area contributed by atoms with Gasteiger partial charge in [-0.05, 0) is 85.5 Å². The summed E-state index contributed by atoms with van der Waals surface area (Å²) in [4.78, 5) is 10.8. The Morgan fingerprint density at radius 1 is 0.912 bits per heavy atom. The Hall–Kier alpha value is -3.27. The number of rotatable bonds is 13. The predicted molar refractivity (Wildman–Crippen MR) is 137 cm³/mol. The van der Waals surface area contributed by atoms with Crippen LogP contribution in [0.2, 0.25) is 0 Å². The van der Waals surface area contributed by atoms with Crippen molar-refractivity contribution in [3.63, 3.8) is 0 Å². The number of carboxylic acids is 1. The van der Waals surface area contributed by atoms with Gasteiger partial charge in [0.15, 0.2) is 0 Å². The highest BCUT2D eigenvalue weighted by Gasteiger charge is 2.11. The lowest BCUT2D eigenvalue weighted by molar-refractivity contribution is -0.136. The predicted octanol–water partition coefficient (Wildman–Crippen LogP) is 6.60. The molecule has 180 valence electrons. The number of ether oxygens (including phenoxy) is 2. The van der Waals surface area contributed by atoms with Crippen LogP contribution in [0.5, 0.6) is 11.5 Å². The average Bonchev–Trinajstić information content (AvgIpc) is 2.83. The second kappa shape index (κ2) is 12.8. The van der Waals surface area contributed by atoms with Gasteiger partial charge < -0.3 is 14.6 Å². The zero-order chi connectivity index (χ0) is 24.3. The zero-order valence-electron chi connectivity index (χ0n) is 20.5. The summed E-state index contributed by atoms with van der Waals surface area (Å²) < 4.78 is 12.3. The zero-order valence-corrected chi connectivity index (χ0v) is 20.5. The number of aliphatic carboxylic acids is 1. The largest absolute Gasteiger partial charge is 0.493 e. The molecule has 4 nitrogen and oxygen atoms in total. The molecule has 1 N–H and O–H groups in total. The van der Waals surface area contributed by atoms with Crippen molar-refractivity contribution in [1.82, 2.24) is 0 Å². The van der Waals surface area contributed by atoms with Crippen molar-refractivity contribution in [2.24, 2.45) is 0 Å². The Kier molecular flexibility index (Phi) is 9.57. The fourth-order valence-electron chi connectivity index (χ4n) is 3.99. The fraction of sp³-hybridized carbons (Fsp3) is 0.367. The molecule has 0 aliphatic heterocycles. The van der Waals surface area contributed by atoms with E-state index in [2.05, 4.69) is 62.4 Å². The van der Waals surface area contributed by atoms with E-state index in [-0.39, 0.29) is 12.5 Å². The fourth-order valence-corrected chi connectivity index (χ4v) is 3.99. The van der Waals surface area contributed by atoms with Crippen molar-refractivity contribution in [3.8, 4) is 11.5 Å². The molecule has 0 heterocycles. The van der Waals surface area contributed by atoms with Crippen LogP contribution in [0, 0.1) is 6.92 Å². The van der Waals surface area contributed by atoms with Crippen LogP contribution in [-0.4, -0.2) is 23.8 Å². The minimum atomic E-state index is -0.777. The second-order valence-electron chi connectivity index (χ2n) is 8.83. The molecule has 0 saturated carbocycles. The van der Waals surface area contributed by atoms with E-state index in [1.807, 2.05) is 25.1 Å². The van der Waals surface area contributed by atoms with Gasteiger partial charge in [0.25, 0.3) is 0 Å². The van der Waals surface area contributed by atoms with Crippen molar-refractivity contribution in [2.45, 2.75) is 65.4 Å². The number of hydrogen-bond donors (Lipinski definition) is 1. The van der Waals surface area contributed by atoms with Crippen LogP contribution in [0.15, 0.2) is 66.7 Å². The van der Waals surface area contributed by atoms with E-state index in [9.17, 15) is 4.79 Å². The summed E-state index contributed by atoms with van der Waals surface area (Å²) >= 11 is 0.